The van der Waals surface area contributed by atoms with Gasteiger partial charge in [-0.1, -0.05) is 0 Å². The average Bonchev–Trinajstić information content (AvgIpc) is 1.00. The summed E-state index contributed by atoms with van der Waals surface area (Å²) in [6, 6.07) is 0. The number of rotatable bonds is 0. The maximum atomic E-state index is 4.73. The molecule has 0 aliphatic heterocycles. The van der Waals surface area contributed by atoms with Crippen LogP contribution in [0.2, 0.25) is 0 Å². The molecule has 0 N–H and O–H groups in total. The second-order valence-electron chi connectivity index (χ2n) is 0. The van der Waals surface area contributed by atoms with Crippen LogP contribution in [0, 0.1) is 0 Å². The fourth-order valence-electron chi connectivity index (χ4n) is 0. The molecule has 0 aromatic rings. The van der Waals surface area contributed by atoms with Gasteiger partial charge in [-0.3, -0.25) is 0 Å². The first kappa shape index (κ1) is 16.1. The van der Waals surface area contributed by atoms with Gasteiger partial charge >= 0.3 is 61.6 Å². The summed E-state index contributed by atoms with van der Waals surface area (Å²) in [5, 5.41) is 0. The molecule has 4 heteroatoms. The Morgan fingerprint density at radius 3 is 1.25 bits per heavy atom. The van der Waals surface area contributed by atoms with Crippen LogP contribution in [0.25, 0.3) is 0 Å². The Morgan fingerprint density at radius 1 is 1.25 bits per heavy atom. The van der Waals surface area contributed by atoms with Crippen molar-refractivity contribution in [1.82, 2.24) is 0 Å². The zero-order valence-corrected chi connectivity index (χ0v) is 8.23. The van der Waals surface area contributed by atoms with E-state index in [0.717, 1.165) is 23.5 Å². The van der Waals surface area contributed by atoms with Crippen molar-refractivity contribution in [3.63, 3.8) is 0 Å². The summed E-state index contributed by atoms with van der Waals surface area (Å²) < 4.78 is 0. The van der Waals surface area contributed by atoms with Crippen LogP contribution in [0.4, 0.5) is 0 Å². The molecule has 0 aromatic heterocycles. The third-order valence-electron chi connectivity index (χ3n) is 0. The zero-order chi connectivity index (χ0) is 2.00. The maximum absolute atomic E-state index is 4.73. The minimum Gasteiger partial charge on any atom is 1.00 e. The molecule has 0 aliphatic rings. The molecule has 0 rings (SSSR count). The molecule has 0 saturated heterocycles. The minimum atomic E-state index is 0. The van der Waals surface area contributed by atoms with Gasteiger partial charge in [-0.05, 0) is 0 Å². The van der Waals surface area contributed by atoms with Gasteiger partial charge in [0.05, 0.1) is 0 Å². The Hall–Kier alpha value is 2.46. The van der Waals surface area contributed by atoms with Gasteiger partial charge in [0.2, 0.25) is 0 Å². The first-order valence-electron chi connectivity index (χ1n) is 0.189. The average molecular weight is 185 g/mol. The number of hydrogen-bond acceptors (Lipinski definition) is 0. The Balaban J connectivity index is -0.00000000500. The Morgan fingerprint density at radius 2 is 1.25 bits per heavy atom. The second kappa shape index (κ2) is 17.9. The van der Waals surface area contributed by atoms with Gasteiger partial charge in [0, 0.05) is 0 Å². The molecule has 0 fully saturated rings. The van der Waals surface area contributed by atoms with Crippen LogP contribution in [0.1, 0.15) is 0 Å². The smallest absolute Gasteiger partial charge is 1.00 e. The molecule has 0 amide bonds. The minimum absolute atomic E-state index is 0. The van der Waals surface area contributed by atoms with Gasteiger partial charge in [-0.25, -0.2) is 0 Å². The van der Waals surface area contributed by atoms with Crippen molar-refractivity contribution >= 4 is 8.51 Å². The van der Waals surface area contributed by atoms with Crippen molar-refractivity contribution in [1.29, 1.82) is 0 Å². The maximum Gasteiger partial charge on any atom is 1.00 e. The Kier molecular flexibility index (Phi) is 72.1. The van der Waals surface area contributed by atoms with E-state index in [1.165, 1.54) is 0 Å². The molecular weight excluding hydrogens is 185 g/mol. The predicted octanol–water partition coefficient (Wildman–Crippen LogP) is -5.30. The van der Waals surface area contributed by atoms with Crippen molar-refractivity contribution in [2.75, 3.05) is 0 Å². The van der Waals surface area contributed by atoms with Crippen molar-refractivity contribution in [2.45, 2.75) is 0 Å². The molecular formula is Cl2NaZr. The van der Waals surface area contributed by atoms with Gasteiger partial charge in [0.25, 0.3) is 0 Å². The standard InChI is InChI=1S/2ClH.Na.Zr/h2*1H;;/q;;2*+1/p-2. The molecule has 19 valence electrons. The Labute approximate surface area is 72.8 Å². The van der Waals surface area contributed by atoms with E-state index in [0.29, 0.717) is 0 Å². The number of halogens is 2. The molecule has 0 aromatic carbocycles. The summed E-state index contributed by atoms with van der Waals surface area (Å²) in [5.41, 5.74) is 0. The molecule has 0 unspecified atom stereocenters. The third kappa shape index (κ3) is 8.82. The summed E-state index contributed by atoms with van der Waals surface area (Å²) >= 11 is 1.02. The van der Waals surface area contributed by atoms with E-state index in [9.17, 15) is 0 Å². The second-order valence-corrected chi connectivity index (χ2v) is 0. The van der Waals surface area contributed by atoms with Crippen LogP contribution in [0.5, 0.6) is 0 Å². The predicted molar refractivity (Wildman–Crippen MR) is 5.85 cm³/mol. The van der Waals surface area contributed by atoms with Crippen molar-refractivity contribution in [3.05, 3.63) is 0 Å². The van der Waals surface area contributed by atoms with Crippen LogP contribution >= 0.6 is 8.51 Å². The largest absolute Gasteiger partial charge is 1.00 e. The van der Waals surface area contributed by atoms with E-state index >= 15 is 0 Å². The van der Waals surface area contributed by atoms with Crippen molar-refractivity contribution < 1.29 is 65.5 Å². The monoisotopic (exact) mass is 183 g/mol. The van der Waals surface area contributed by atoms with Crippen molar-refractivity contribution in [2.24, 2.45) is 0 Å². The summed E-state index contributed by atoms with van der Waals surface area (Å²) in [6.07, 6.45) is 0. The van der Waals surface area contributed by atoms with E-state index in [1.807, 2.05) is 0 Å². The molecule has 0 atom stereocenters. The number of hydrogen-bond donors (Lipinski definition) is 0. The quantitative estimate of drug-likeness (QED) is 0.331. The van der Waals surface area contributed by atoms with Crippen molar-refractivity contribution in [3.8, 4) is 0 Å². The summed E-state index contributed by atoms with van der Waals surface area (Å²) in [4.78, 5) is 0. The molecule has 4 heavy (non-hydrogen) atoms. The van der Waals surface area contributed by atoms with Gasteiger partial charge in [0.1, 0.15) is 0 Å². The molecule has 0 spiro atoms. The van der Waals surface area contributed by atoms with Crippen LogP contribution in [-0.2, 0) is 23.5 Å². The fraction of sp³-hybridized carbons (Fsp3) is 0. The summed E-state index contributed by atoms with van der Waals surface area (Å²) in [7, 11) is 4.73. The summed E-state index contributed by atoms with van der Waals surface area (Å²) in [5.74, 6) is 0. The van der Waals surface area contributed by atoms with E-state index in [-0.39, 0.29) is 42.0 Å². The zero-order valence-electron chi connectivity index (χ0n) is 2.26. The van der Waals surface area contributed by atoms with E-state index in [4.69, 9.17) is 8.51 Å². The van der Waals surface area contributed by atoms with Gasteiger partial charge in [0.15, 0.2) is 0 Å². The first-order valence-corrected chi connectivity index (χ1v) is 3.35. The van der Waals surface area contributed by atoms with Crippen LogP contribution < -0.4 is 42.0 Å². The normalized spacial score (nSPS) is 1.00. The first-order chi connectivity index (χ1) is 1.00. The SMILES string of the molecule is [Cl-].[Cl][Zr].[Na+]. The van der Waals surface area contributed by atoms with E-state index < -0.39 is 0 Å². The molecule has 0 radical (unpaired) electrons. The summed E-state index contributed by atoms with van der Waals surface area (Å²) in [6.45, 7) is 0. The van der Waals surface area contributed by atoms with Gasteiger partial charge < -0.3 is 12.4 Å². The van der Waals surface area contributed by atoms with Crippen LogP contribution in [0.3, 0.4) is 0 Å². The topological polar surface area (TPSA) is 0 Å². The third-order valence-corrected chi connectivity index (χ3v) is 0. The van der Waals surface area contributed by atoms with E-state index in [2.05, 4.69) is 0 Å². The fourth-order valence-corrected chi connectivity index (χ4v) is 0. The molecule has 0 saturated carbocycles. The molecule has 0 bridgehead atoms. The molecule has 0 nitrogen and oxygen atoms in total. The van der Waals surface area contributed by atoms with Crippen LogP contribution in [0.15, 0.2) is 0 Å². The van der Waals surface area contributed by atoms with Gasteiger partial charge in [-0.15, -0.1) is 0 Å². The van der Waals surface area contributed by atoms with Crippen LogP contribution in [-0.4, -0.2) is 0 Å². The molecule has 0 aliphatic carbocycles. The Bertz CT molecular complexity index is 6.00. The van der Waals surface area contributed by atoms with E-state index in [1.54, 1.807) is 0 Å². The molecule has 0 heterocycles. The van der Waals surface area contributed by atoms with Gasteiger partial charge in [-0.2, -0.15) is 0 Å².